The number of methoxy groups -OCH3 is 2. The number of allylic oxidation sites excluding steroid dienone is 5. The molecule has 1 aromatic carbocycles. The maximum atomic E-state index is 10.1. The predicted molar refractivity (Wildman–Crippen MR) is 100 cm³/mol. The van der Waals surface area contributed by atoms with Gasteiger partial charge >= 0.3 is 0 Å². The fraction of sp³-hybridized carbons (Fsp3) is 0.333. The van der Waals surface area contributed by atoms with Gasteiger partial charge in [0.05, 0.1) is 14.2 Å². The predicted octanol–water partition coefficient (Wildman–Crippen LogP) is 5.17. The van der Waals surface area contributed by atoms with Crippen LogP contribution in [0.25, 0.3) is 6.08 Å². The molecule has 4 nitrogen and oxygen atoms in total. The van der Waals surface area contributed by atoms with Crippen LogP contribution in [0.5, 0.6) is 5.75 Å². The summed E-state index contributed by atoms with van der Waals surface area (Å²) >= 11 is 0. The van der Waals surface area contributed by atoms with Gasteiger partial charge in [0.2, 0.25) is 0 Å². The molecular formula is C21H26O4. The molecule has 0 amide bonds. The molecule has 134 valence electrons. The van der Waals surface area contributed by atoms with Crippen LogP contribution in [0.1, 0.15) is 25.8 Å². The minimum absolute atomic E-state index is 0.0716. The van der Waals surface area contributed by atoms with Crippen molar-refractivity contribution in [2.75, 3.05) is 14.2 Å². The summed E-state index contributed by atoms with van der Waals surface area (Å²) in [5, 5.41) is 20.1. The number of hydrogen-bond donors (Lipinski definition) is 2. The third-order valence-corrected chi connectivity index (χ3v) is 4.23. The Kier molecular flexibility index (Phi) is 6.34. The van der Waals surface area contributed by atoms with E-state index in [9.17, 15) is 10.2 Å². The van der Waals surface area contributed by atoms with Gasteiger partial charge in [-0.25, -0.2) is 0 Å². The monoisotopic (exact) mass is 342 g/mol. The molecule has 2 unspecified atom stereocenters. The van der Waals surface area contributed by atoms with E-state index in [0.717, 1.165) is 11.3 Å². The smallest absolute Gasteiger partial charge is 0.196 e. The van der Waals surface area contributed by atoms with Crippen LogP contribution in [0.3, 0.4) is 0 Å². The van der Waals surface area contributed by atoms with Crippen molar-refractivity contribution in [3.8, 4) is 5.75 Å². The number of benzene rings is 1. The van der Waals surface area contributed by atoms with Crippen molar-refractivity contribution in [1.29, 1.82) is 0 Å². The summed E-state index contributed by atoms with van der Waals surface area (Å²) in [5.41, 5.74) is 2.20. The lowest BCUT2D eigenvalue weighted by Gasteiger charge is -2.28. The molecule has 0 spiro atoms. The zero-order valence-corrected chi connectivity index (χ0v) is 15.2. The lowest BCUT2D eigenvalue weighted by molar-refractivity contribution is 0.179. The topological polar surface area (TPSA) is 58.9 Å². The second-order valence-electron chi connectivity index (χ2n) is 6.31. The SMILES string of the molecule is COC1=C(O)C(O)=CC(C=Cc2cccc(OC)c2)C1CC=C(C)C. The molecular weight excluding hydrogens is 316 g/mol. The highest BCUT2D eigenvalue weighted by Crippen LogP contribution is 2.36. The van der Waals surface area contributed by atoms with Crippen LogP contribution in [0.15, 0.2) is 65.3 Å². The Bertz CT molecular complexity index is 721. The Hall–Kier alpha value is -2.62. The van der Waals surface area contributed by atoms with E-state index in [-0.39, 0.29) is 23.4 Å². The van der Waals surface area contributed by atoms with Crippen LogP contribution in [-0.2, 0) is 4.74 Å². The summed E-state index contributed by atoms with van der Waals surface area (Å²) in [7, 11) is 3.15. The molecule has 25 heavy (non-hydrogen) atoms. The number of aliphatic hydroxyl groups excluding tert-OH is 2. The number of aliphatic hydroxyl groups is 2. The van der Waals surface area contributed by atoms with Crippen LogP contribution in [0.4, 0.5) is 0 Å². The number of hydrogen-bond acceptors (Lipinski definition) is 4. The maximum Gasteiger partial charge on any atom is 0.196 e. The van der Waals surface area contributed by atoms with Gasteiger partial charge in [-0.15, -0.1) is 0 Å². The fourth-order valence-corrected chi connectivity index (χ4v) is 2.89. The van der Waals surface area contributed by atoms with Crippen LogP contribution in [0.2, 0.25) is 0 Å². The summed E-state index contributed by atoms with van der Waals surface area (Å²) in [4.78, 5) is 0. The lowest BCUT2D eigenvalue weighted by atomic mass is 9.82. The van der Waals surface area contributed by atoms with Gasteiger partial charge in [-0.05, 0) is 44.0 Å². The highest BCUT2D eigenvalue weighted by atomic mass is 16.5. The van der Waals surface area contributed by atoms with Crippen molar-refractivity contribution >= 4 is 6.08 Å². The minimum atomic E-state index is -0.180. The third-order valence-electron chi connectivity index (χ3n) is 4.23. The van der Waals surface area contributed by atoms with Crippen molar-refractivity contribution in [2.45, 2.75) is 20.3 Å². The summed E-state index contributed by atoms with van der Waals surface area (Å²) in [6.45, 7) is 4.07. The Morgan fingerprint density at radius 2 is 1.92 bits per heavy atom. The van der Waals surface area contributed by atoms with Crippen molar-refractivity contribution in [3.63, 3.8) is 0 Å². The van der Waals surface area contributed by atoms with Crippen molar-refractivity contribution in [1.82, 2.24) is 0 Å². The Labute approximate surface area is 149 Å². The lowest BCUT2D eigenvalue weighted by Crippen LogP contribution is -2.21. The van der Waals surface area contributed by atoms with Gasteiger partial charge in [-0.3, -0.25) is 0 Å². The Morgan fingerprint density at radius 1 is 1.16 bits per heavy atom. The Balaban J connectivity index is 2.32. The molecule has 1 aromatic rings. The van der Waals surface area contributed by atoms with Gasteiger partial charge in [-0.1, -0.05) is 35.9 Å². The van der Waals surface area contributed by atoms with E-state index in [0.29, 0.717) is 12.2 Å². The first-order chi connectivity index (χ1) is 12.0. The molecule has 1 aliphatic rings. The first-order valence-electron chi connectivity index (χ1n) is 8.30. The molecule has 1 aliphatic carbocycles. The van der Waals surface area contributed by atoms with E-state index in [1.807, 2.05) is 50.3 Å². The normalized spacial score (nSPS) is 20.4. The second kappa shape index (κ2) is 8.47. The van der Waals surface area contributed by atoms with E-state index in [4.69, 9.17) is 9.47 Å². The fourth-order valence-electron chi connectivity index (χ4n) is 2.89. The molecule has 2 N–H and O–H groups in total. The van der Waals surface area contributed by atoms with E-state index in [2.05, 4.69) is 6.08 Å². The molecule has 0 bridgehead atoms. The molecule has 0 saturated heterocycles. The first kappa shape index (κ1) is 18.7. The molecule has 0 fully saturated rings. The quantitative estimate of drug-likeness (QED) is 0.700. The molecule has 0 saturated carbocycles. The summed E-state index contributed by atoms with van der Waals surface area (Å²) < 4.78 is 10.6. The average molecular weight is 342 g/mol. The Morgan fingerprint density at radius 3 is 2.56 bits per heavy atom. The molecule has 0 heterocycles. The third kappa shape index (κ3) is 4.69. The van der Waals surface area contributed by atoms with Gasteiger partial charge in [0.25, 0.3) is 0 Å². The zero-order valence-electron chi connectivity index (χ0n) is 15.2. The van der Waals surface area contributed by atoms with E-state index < -0.39 is 0 Å². The van der Waals surface area contributed by atoms with E-state index in [1.165, 1.54) is 12.7 Å². The van der Waals surface area contributed by atoms with Crippen LogP contribution in [-0.4, -0.2) is 24.4 Å². The molecule has 0 aliphatic heterocycles. The largest absolute Gasteiger partial charge is 0.504 e. The number of ether oxygens (including phenoxy) is 2. The van der Waals surface area contributed by atoms with Gasteiger partial charge in [0.1, 0.15) is 11.5 Å². The molecule has 0 radical (unpaired) electrons. The highest BCUT2D eigenvalue weighted by molar-refractivity contribution is 5.53. The maximum absolute atomic E-state index is 10.1. The molecule has 0 aromatic heterocycles. The van der Waals surface area contributed by atoms with Crippen LogP contribution in [0, 0.1) is 11.8 Å². The average Bonchev–Trinajstić information content (AvgIpc) is 2.61. The summed E-state index contributed by atoms with van der Waals surface area (Å²) in [5.74, 6) is 0.717. The van der Waals surface area contributed by atoms with Crippen molar-refractivity contribution < 1.29 is 19.7 Å². The zero-order chi connectivity index (χ0) is 18.4. The van der Waals surface area contributed by atoms with Crippen LogP contribution < -0.4 is 4.74 Å². The van der Waals surface area contributed by atoms with Gasteiger partial charge in [-0.2, -0.15) is 0 Å². The van der Waals surface area contributed by atoms with Crippen molar-refractivity contribution in [2.24, 2.45) is 11.8 Å². The molecule has 4 heteroatoms. The van der Waals surface area contributed by atoms with E-state index in [1.54, 1.807) is 13.2 Å². The summed E-state index contributed by atoms with van der Waals surface area (Å²) in [6.07, 6.45) is 8.49. The minimum Gasteiger partial charge on any atom is -0.504 e. The van der Waals surface area contributed by atoms with Gasteiger partial charge < -0.3 is 19.7 Å². The summed E-state index contributed by atoms with van der Waals surface area (Å²) in [6, 6.07) is 7.75. The second-order valence-corrected chi connectivity index (χ2v) is 6.31. The first-order valence-corrected chi connectivity index (χ1v) is 8.30. The standard InChI is InChI=1S/C21H26O4/c1-14(2)8-11-18-16(13-19(22)20(23)21(18)25-4)10-9-15-6-5-7-17(12-15)24-3/h5-10,12-13,16,18,22-23H,11H2,1-4H3. The molecule has 2 rings (SSSR count). The van der Waals surface area contributed by atoms with Gasteiger partial charge in [0, 0.05) is 11.8 Å². The van der Waals surface area contributed by atoms with E-state index >= 15 is 0 Å². The number of rotatable bonds is 6. The highest BCUT2D eigenvalue weighted by Gasteiger charge is 2.31. The van der Waals surface area contributed by atoms with Crippen LogP contribution >= 0.6 is 0 Å². The van der Waals surface area contributed by atoms with Gasteiger partial charge in [0.15, 0.2) is 11.5 Å². The van der Waals surface area contributed by atoms with Crippen molar-refractivity contribution in [3.05, 3.63) is 70.9 Å². The molecule has 2 atom stereocenters.